The number of rotatable bonds is 1. The molecule has 1 aromatic rings. The van der Waals surface area contributed by atoms with Gasteiger partial charge in [0.1, 0.15) is 0 Å². The molecule has 1 nitrogen and oxygen atoms in total. The number of likely N-dealkylation sites (tertiary alicyclic amines) is 1. The van der Waals surface area contributed by atoms with Gasteiger partial charge in [-0.15, -0.1) is 0 Å². The van der Waals surface area contributed by atoms with Crippen LogP contribution in [-0.2, 0) is 0 Å². The predicted molar refractivity (Wildman–Crippen MR) is 74.4 cm³/mol. The molecule has 1 atom stereocenters. The van der Waals surface area contributed by atoms with Crippen LogP contribution in [0.1, 0.15) is 56.3 Å². The summed E-state index contributed by atoms with van der Waals surface area (Å²) in [5.41, 5.74) is 4.74. The lowest BCUT2D eigenvalue weighted by atomic mass is 9.92. The summed E-state index contributed by atoms with van der Waals surface area (Å²) in [6.45, 7) is 12.7. The first kappa shape index (κ1) is 12.6. The van der Waals surface area contributed by atoms with Crippen molar-refractivity contribution in [3.05, 3.63) is 34.9 Å². The highest BCUT2D eigenvalue weighted by Gasteiger charge is 2.34. The standard InChI is InChI=1S/C16H25N/c1-12-8-6-9-13(2)15(12)14-10-7-11-17(14)16(3,4)5/h6,8-9,14H,7,10-11H2,1-5H3. The van der Waals surface area contributed by atoms with Gasteiger partial charge in [0, 0.05) is 11.6 Å². The highest BCUT2D eigenvalue weighted by molar-refractivity contribution is 5.37. The fraction of sp³-hybridized carbons (Fsp3) is 0.625. The van der Waals surface area contributed by atoms with Crippen molar-refractivity contribution in [3.8, 4) is 0 Å². The Morgan fingerprint density at radius 3 is 2.24 bits per heavy atom. The van der Waals surface area contributed by atoms with Crippen molar-refractivity contribution in [1.29, 1.82) is 0 Å². The molecule has 1 saturated heterocycles. The number of aryl methyl sites for hydroxylation is 2. The van der Waals surface area contributed by atoms with E-state index in [0.717, 1.165) is 0 Å². The van der Waals surface area contributed by atoms with Gasteiger partial charge in [-0.2, -0.15) is 0 Å². The Labute approximate surface area is 106 Å². The van der Waals surface area contributed by atoms with Gasteiger partial charge in [0.05, 0.1) is 0 Å². The molecule has 1 aliphatic heterocycles. The summed E-state index contributed by atoms with van der Waals surface area (Å²) in [5.74, 6) is 0. The molecule has 94 valence electrons. The van der Waals surface area contributed by atoms with Crippen LogP contribution < -0.4 is 0 Å². The van der Waals surface area contributed by atoms with E-state index in [1.807, 2.05) is 0 Å². The molecular formula is C16H25N. The monoisotopic (exact) mass is 231 g/mol. The molecule has 0 spiro atoms. The maximum absolute atomic E-state index is 2.67. The van der Waals surface area contributed by atoms with Crippen molar-refractivity contribution in [2.24, 2.45) is 0 Å². The zero-order valence-electron chi connectivity index (χ0n) is 11.9. The molecule has 0 aliphatic carbocycles. The largest absolute Gasteiger partial charge is 0.291 e. The summed E-state index contributed by atoms with van der Waals surface area (Å²) < 4.78 is 0. The van der Waals surface area contributed by atoms with Crippen molar-refractivity contribution >= 4 is 0 Å². The number of nitrogens with zero attached hydrogens (tertiary/aromatic N) is 1. The third kappa shape index (κ3) is 2.40. The van der Waals surface area contributed by atoms with Crippen molar-refractivity contribution in [1.82, 2.24) is 4.90 Å². The minimum absolute atomic E-state index is 0.274. The molecule has 0 N–H and O–H groups in total. The quantitative estimate of drug-likeness (QED) is 0.699. The normalized spacial score (nSPS) is 22.1. The maximum atomic E-state index is 2.67. The number of benzene rings is 1. The average molecular weight is 231 g/mol. The van der Waals surface area contributed by atoms with E-state index in [-0.39, 0.29) is 5.54 Å². The average Bonchev–Trinajstić information content (AvgIpc) is 2.65. The van der Waals surface area contributed by atoms with E-state index in [9.17, 15) is 0 Å². The topological polar surface area (TPSA) is 3.24 Å². The summed E-state index contributed by atoms with van der Waals surface area (Å²) in [6.07, 6.45) is 2.64. The van der Waals surface area contributed by atoms with Crippen LogP contribution >= 0.6 is 0 Å². The molecule has 1 fully saturated rings. The zero-order chi connectivity index (χ0) is 12.6. The third-order valence-corrected chi connectivity index (χ3v) is 3.99. The van der Waals surface area contributed by atoms with Crippen LogP contribution in [0, 0.1) is 13.8 Å². The van der Waals surface area contributed by atoms with E-state index in [1.54, 1.807) is 5.56 Å². The van der Waals surface area contributed by atoms with Gasteiger partial charge >= 0.3 is 0 Å². The minimum atomic E-state index is 0.274. The second kappa shape index (κ2) is 4.45. The van der Waals surface area contributed by atoms with Gasteiger partial charge in [-0.05, 0) is 70.7 Å². The lowest BCUT2D eigenvalue weighted by Gasteiger charge is -2.38. The van der Waals surface area contributed by atoms with Gasteiger partial charge in [0.15, 0.2) is 0 Å². The number of hydrogen-bond acceptors (Lipinski definition) is 1. The van der Waals surface area contributed by atoms with E-state index >= 15 is 0 Å². The fourth-order valence-electron chi connectivity index (χ4n) is 3.22. The lowest BCUT2D eigenvalue weighted by Crippen LogP contribution is -2.41. The van der Waals surface area contributed by atoms with Crippen LogP contribution in [0.4, 0.5) is 0 Å². The minimum Gasteiger partial charge on any atom is -0.291 e. The molecule has 1 unspecified atom stereocenters. The lowest BCUT2D eigenvalue weighted by molar-refractivity contribution is 0.121. The highest BCUT2D eigenvalue weighted by Crippen LogP contribution is 2.39. The Balaban J connectivity index is 2.39. The van der Waals surface area contributed by atoms with Gasteiger partial charge in [0.2, 0.25) is 0 Å². The van der Waals surface area contributed by atoms with Gasteiger partial charge < -0.3 is 0 Å². The van der Waals surface area contributed by atoms with E-state index in [4.69, 9.17) is 0 Å². The van der Waals surface area contributed by atoms with Gasteiger partial charge in [-0.3, -0.25) is 4.90 Å². The van der Waals surface area contributed by atoms with E-state index < -0.39 is 0 Å². The molecule has 1 heterocycles. The van der Waals surface area contributed by atoms with Crippen molar-refractivity contribution in [2.75, 3.05) is 6.54 Å². The molecule has 1 aliphatic rings. The Morgan fingerprint density at radius 2 is 1.71 bits per heavy atom. The molecular weight excluding hydrogens is 206 g/mol. The fourth-order valence-corrected chi connectivity index (χ4v) is 3.22. The van der Waals surface area contributed by atoms with Crippen LogP contribution in [0.25, 0.3) is 0 Å². The molecule has 0 saturated carbocycles. The first-order chi connectivity index (χ1) is 7.91. The third-order valence-electron chi connectivity index (χ3n) is 3.99. The first-order valence-corrected chi connectivity index (χ1v) is 6.74. The summed E-state index contributed by atoms with van der Waals surface area (Å²) in [5, 5.41) is 0. The number of hydrogen-bond donors (Lipinski definition) is 0. The summed E-state index contributed by atoms with van der Waals surface area (Å²) in [6, 6.07) is 7.30. The molecule has 1 aromatic carbocycles. The van der Waals surface area contributed by atoms with Gasteiger partial charge in [0.25, 0.3) is 0 Å². The Hall–Kier alpha value is -0.820. The molecule has 0 radical (unpaired) electrons. The van der Waals surface area contributed by atoms with Crippen LogP contribution in [-0.4, -0.2) is 17.0 Å². The SMILES string of the molecule is Cc1cccc(C)c1C1CCCN1C(C)(C)C. The van der Waals surface area contributed by atoms with Crippen molar-refractivity contribution in [2.45, 2.75) is 59.0 Å². The molecule has 0 bridgehead atoms. The predicted octanol–water partition coefficient (Wildman–Crippen LogP) is 4.24. The molecule has 1 heteroatoms. The summed E-state index contributed by atoms with van der Waals surface area (Å²) in [4.78, 5) is 2.67. The van der Waals surface area contributed by atoms with E-state index in [1.165, 1.54) is 30.5 Å². The van der Waals surface area contributed by atoms with Crippen molar-refractivity contribution < 1.29 is 0 Å². The van der Waals surface area contributed by atoms with Gasteiger partial charge in [-0.25, -0.2) is 0 Å². The van der Waals surface area contributed by atoms with Gasteiger partial charge in [-0.1, -0.05) is 18.2 Å². The van der Waals surface area contributed by atoms with Crippen LogP contribution in [0.3, 0.4) is 0 Å². The van der Waals surface area contributed by atoms with E-state index in [0.29, 0.717) is 6.04 Å². The van der Waals surface area contributed by atoms with Crippen molar-refractivity contribution in [3.63, 3.8) is 0 Å². The maximum Gasteiger partial charge on any atom is 0.0359 e. The smallest absolute Gasteiger partial charge is 0.0359 e. The Morgan fingerprint density at radius 1 is 1.12 bits per heavy atom. The van der Waals surface area contributed by atoms with Crippen LogP contribution in [0.5, 0.6) is 0 Å². The van der Waals surface area contributed by atoms with Crippen LogP contribution in [0.15, 0.2) is 18.2 Å². The van der Waals surface area contributed by atoms with E-state index in [2.05, 4.69) is 57.7 Å². The molecule has 17 heavy (non-hydrogen) atoms. The van der Waals surface area contributed by atoms with Crippen LogP contribution in [0.2, 0.25) is 0 Å². The molecule has 0 amide bonds. The highest BCUT2D eigenvalue weighted by atomic mass is 15.2. The summed E-state index contributed by atoms with van der Waals surface area (Å²) in [7, 11) is 0. The molecule has 2 rings (SSSR count). The zero-order valence-corrected chi connectivity index (χ0v) is 11.9. The Kier molecular flexibility index (Phi) is 3.31. The Bertz CT molecular complexity index is 380. The second-order valence-electron chi connectivity index (χ2n) is 6.33. The summed E-state index contributed by atoms with van der Waals surface area (Å²) >= 11 is 0. The first-order valence-electron chi connectivity index (χ1n) is 6.74. The molecule has 0 aromatic heterocycles. The second-order valence-corrected chi connectivity index (χ2v) is 6.33.